The number of imidazole rings is 1. The molecule has 1 aliphatic carbocycles. The van der Waals surface area contributed by atoms with Gasteiger partial charge in [0.15, 0.2) is 5.16 Å². The van der Waals surface area contributed by atoms with Gasteiger partial charge in [-0.1, -0.05) is 11.8 Å². The normalized spacial score (nSPS) is 16.8. The Labute approximate surface area is 92.8 Å². The van der Waals surface area contributed by atoms with Gasteiger partial charge in [0, 0.05) is 12.4 Å². The molecular weight excluding hydrogens is 212 g/mol. The lowest BCUT2D eigenvalue weighted by atomic mass is 10.3. The van der Waals surface area contributed by atoms with Gasteiger partial charge in [-0.2, -0.15) is 0 Å². The summed E-state index contributed by atoms with van der Waals surface area (Å²) in [6.07, 6.45) is 7.99. The van der Waals surface area contributed by atoms with Crippen molar-refractivity contribution in [2.75, 3.05) is 5.75 Å². The van der Waals surface area contributed by atoms with E-state index in [0.717, 1.165) is 18.0 Å². The fraction of sp³-hybridized carbons (Fsp3) is 0.600. The Kier molecular flexibility index (Phi) is 3.66. The molecule has 0 unspecified atom stereocenters. The standard InChI is InChI=1S/C10H14N2O2S/c13-9(14-8-3-1-2-4-8)7-15-10-11-5-6-12-10/h5-6,8H,1-4,7H2,(H,11,12). The van der Waals surface area contributed by atoms with Crippen LogP contribution in [0.2, 0.25) is 0 Å². The highest BCUT2D eigenvalue weighted by Crippen LogP contribution is 2.22. The Hall–Kier alpha value is -0.970. The molecule has 1 aliphatic rings. The van der Waals surface area contributed by atoms with Crippen LogP contribution in [0.5, 0.6) is 0 Å². The molecule has 0 atom stereocenters. The van der Waals surface area contributed by atoms with Gasteiger partial charge in [0.1, 0.15) is 6.10 Å². The number of esters is 1. The average Bonchev–Trinajstić information content (AvgIpc) is 2.86. The summed E-state index contributed by atoms with van der Waals surface area (Å²) < 4.78 is 5.31. The van der Waals surface area contributed by atoms with Gasteiger partial charge >= 0.3 is 5.97 Å². The second-order valence-electron chi connectivity index (χ2n) is 3.58. The Morgan fingerprint density at radius 1 is 1.60 bits per heavy atom. The number of ether oxygens (including phenoxy) is 1. The molecule has 1 fully saturated rings. The summed E-state index contributed by atoms with van der Waals surface area (Å²) in [6.45, 7) is 0. The number of hydrogen-bond donors (Lipinski definition) is 1. The largest absolute Gasteiger partial charge is 0.462 e. The molecule has 82 valence electrons. The molecule has 0 saturated heterocycles. The lowest BCUT2D eigenvalue weighted by molar-refractivity contribution is -0.145. The minimum atomic E-state index is -0.136. The van der Waals surface area contributed by atoms with E-state index in [9.17, 15) is 4.79 Å². The van der Waals surface area contributed by atoms with Gasteiger partial charge in [0.25, 0.3) is 0 Å². The van der Waals surface area contributed by atoms with E-state index in [4.69, 9.17) is 4.74 Å². The monoisotopic (exact) mass is 226 g/mol. The van der Waals surface area contributed by atoms with Crippen molar-refractivity contribution < 1.29 is 9.53 Å². The van der Waals surface area contributed by atoms with E-state index in [2.05, 4.69) is 9.97 Å². The quantitative estimate of drug-likeness (QED) is 0.630. The van der Waals surface area contributed by atoms with E-state index in [-0.39, 0.29) is 12.1 Å². The van der Waals surface area contributed by atoms with Crippen LogP contribution in [-0.4, -0.2) is 27.8 Å². The molecule has 5 heteroatoms. The fourth-order valence-electron chi connectivity index (χ4n) is 1.68. The maximum Gasteiger partial charge on any atom is 0.316 e. The smallest absolute Gasteiger partial charge is 0.316 e. The number of H-pyrrole nitrogens is 1. The molecule has 1 saturated carbocycles. The van der Waals surface area contributed by atoms with Crippen LogP contribution in [0.3, 0.4) is 0 Å². The van der Waals surface area contributed by atoms with Crippen LogP contribution in [0, 0.1) is 0 Å². The fourth-order valence-corrected chi connectivity index (χ4v) is 2.29. The second-order valence-corrected chi connectivity index (χ2v) is 4.54. The number of rotatable bonds is 4. The van der Waals surface area contributed by atoms with E-state index in [1.54, 1.807) is 12.4 Å². The van der Waals surface area contributed by atoms with Crippen LogP contribution >= 0.6 is 11.8 Å². The van der Waals surface area contributed by atoms with Gasteiger partial charge < -0.3 is 9.72 Å². The van der Waals surface area contributed by atoms with Gasteiger partial charge in [0.05, 0.1) is 5.75 Å². The highest BCUT2D eigenvalue weighted by Gasteiger charge is 2.19. The van der Waals surface area contributed by atoms with Gasteiger partial charge in [-0.05, 0) is 25.7 Å². The Morgan fingerprint density at radius 2 is 2.40 bits per heavy atom. The summed E-state index contributed by atoms with van der Waals surface area (Å²) in [5.74, 6) is 0.201. The van der Waals surface area contributed by atoms with E-state index in [1.807, 2.05) is 0 Å². The molecule has 1 heterocycles. The maximum atomic E-state index is 11.4. The van der Waals surface area contributed by atoms with E-state index in [1.165, 1.54) is 24.6 Å². The van der Waals surface area contributed by atoms with Gasteiger partial charge in [-0.15, -0.1) is 0 Å². The predicted octanol–water partition coefficient (Wildman–Crippen LogP) is 1.99. The third-order valence-electron chi connectivity index (χ3n) is 2.40. The topological polar surface area (TPSA) is 55.0 Å². The number of thioether (sulfide) groups is 1. The summed E-state index contributed by atoms with van der Waals surface area (Å²) in [4.78, 5) is 18.4. The zero-order valence-electron chi connectivity index (χ0n) is 8.44. The first-order valence-electron chi connectivity index (χ1n) is 5.16. The molecule has 0 amide bonds. The molecule has 0 spiro atoms. The number of aromatic nitrogens is 2. The minimum Gasteiger partial charge on any atom is -0.462 e. The number of aromatic amines is 1. The van der Waals surface area contributed by atoms with E-state index < -0.39 is 0 Å². The first kappa shape index (κ1) is 10.5. The van der Waals surface area contributed by atoms with Crippen LogP contribution in [0.15, 0.2) is 17.6 Å². The summed E-state index contributed by atoms with van der Waals surface area (Å²) in [6, 6.07) is 0. The molecule has 0 bridgehead atoms. The van der Waals surface area contributed by atoms with E-state index in [0.29, 0.717) is 5.75 Å². The molecule has 0 aliphatic heterocycles. The molecule has 15 heavy (non-hydrogen) atoms. The van der Waals surface area contributed by atoms with Gasteiger partial charge in [0.2, 0.25) is 0 Å². The lowest BCUT2D eigenvalue weighted by Gasteiger charge is -2.10. The molecule has 4 nitrogen and oxygen atoms in total. The minimum absolute atomic E-state index is 0.136. The van der Waals surface area contributed by atoms with Crippen molar-refractivity contribution in [2.24, 2.45) is 0 Å². The van der Waals surface area contributed by atoms with Crippen molar-refractivity contribution in [3.05, 3.63) is 12.4 Å². The molecule has 1 aromatic rings. The number of nitrogens with zero attached hydrogens (tertiary/aromatic N) is 1. The number of carbonyl (C=O) groups is 1. The Morgan fingerprint density at radius 3 is 3.07 bits per heavy atom. The average molecular weight is 226 g/mol. The number of nitrogens with one attached hydrogen (secondary N) is 1. The second kappa shape index (κ2) is 5.21. The molecule has 0 radical (unpaired) electrons. The first-order valence-corrected chi connectivity index (χ1v) is 6.15. The van der Waals surface area contributed by atoms with Gasteiger partial charge in [-0.25, -0.2) is 4.98 Å². The summed E-state index contributed by atoms with van der Waals surface area (Å²) in [7, 11) is 0. The molecule has 1 N–H and O–H groups in total. The Bertz CT molecular complexity index is 307. The molecule has 2 rings (SSSR count). The van der Waals surface area contributed by atoms with Gasteiger partial charge in [-0.3, -0.25) is 4.79 Å². The number of hydrogen-bond acceptors (Lipinski definition) is 4. The van der Waals surface area contributed by atoms with Crippen molar-refractivity contribution in [3.8, 4) is 0 Å². The van der Waals surface area contributed by atoms with Crippen molar-refractivity contribution in [1.82, 2.24) is 9.97 Å². The molecule has 1 aromatic heterocycles. The lowest BCUT2D eigenvalue weighted by Crippen LogP contribution is -2.16. The van der Waals surface area contributed by atoms with Crippen LogP contribution < -0.4 is 0 Å². The summed E-state index contributed by atoms with van der Waals surface area (Å²) >= 11 is 1.38. The van der Waals surface area contributed by atoms with Crippen LogP contribution in [0.25, 0.3) is 0 Å². The summed E-state index contributed by atoms with van der Waals surface area (Å²) in [5, 5.41) is 0.762. The predicted molar refractivity (Wildman–Crippen MR) is 57.7 cm³/mol. The zero-order chi connectivity index (χ0) is 10.5. The van der Waals surface area contributed by atoms with E-state index >= 15 is 0 Å². The highest BCUT2D eigenvalue weighted by atomic mass is 32.2. The van der Waals surface area contributed by atoms with Crippen molar-refractivity contribution in [1.29, 1.82) is 0 Å². The highest BCUT2D eigenvalue weighted by molar-refractivity contribution is 7.99. The molecular formula is C10H14N2O2S. The SMILES string of the molecule is O=C(CSc1ncc[nH]1)OC1CCCC1. The van der Waals surface area contributed by atoms with Crippen molar-refractivity contribution in [2.45, 2.75) is 36.9 Å². The Balaban J connectivity index is 1.68. The maximum absolute atomic E-state index is 11.4. The van der Waals surface area contributed by atoms with Crippen molar-refractivity contribution in [3.63, 3.8) is 0 Å². The van der Waals surface area contributed by atoms with Crippen molar-refractivity contribution >= 4 is 17.7 Å². The number of carbonyl (C=O) groups excluding carboxylic acids is 1. The molecule has 0 aromatic carbocycles. The third kappa shape index (κ3) is 3.27. The zero-order valence-corrected chi connectivity index (χ0v) is 9.26. The first-order chi connectivity index (χ1) is 7.34. The summed E-state index contributed by atoms with van der Waals surface area (Å²) in [5.41, 5.74) is 0. The third-order valence-corrected chi connectivity index (χ3v) is 3.28. The van der Waals surface area contributed by atoms with Crippen LogP contribution in [-0.2, 0) is 9.53 Å². The van der Waals surface area contributed by atoms with Crippen LogP contribution in [0.1, 0.15) is 25.7 Å². The van der Waals surface area contributed by atoms with Crippen LogP contribution in [0.4, 0.5) is 0 Å².